The van der Waals surface area contributed by atoms with Crippen LogP contribution in [0.3, 0.4) is 0 Å². The van der Waals surface area contributed by atoms with Gasteiger partial charge in [-0.2, -0.15) is 0 Å². The first-order chi connectivity index (χ1) is 13.7. The lowest BCUT2D eigenvalue weighted by molar-refractivity contribution is 0.0783. The summed E-state index contributed by atoms with van der Waals surface area (Å²) in [5, 5.41) is 11.6. The van der Waals surface area contributed by atoms with Crippen molar-refractivity contribution in [2.24, 2.45) is 11.8 Å². The number of phenols is 1. The third-order valence-electron chi connectivity index (χ3n) is 7.61. The zero-order chi connectivity index (χ0) is 18.7. The van der Waals surface area contributed by atoms with Crippen molar-refractivity contribution in [3.05, 3.63) is 65.4 Å². The van der Waals surface area contributed by atoms with Gasteiger partial charge in [0.05, 0.1) is 0 Å². The number of nitrogens with one attached hydrogen (secondary N) is 1. The Bertz CT molecular complexity index is 1030. The van der Waals surface area contributed by atoms with Gasteiger partial charge in [-0.15, -0.1) is 0 Å². The minimum Gasteiger partial charge on any atom is -0.508 e. The number of likely N-dealkylation sites (tertiary alicyclic amines) is 1. The topological polar surface area (TPSA) is 39.3 Å². The first kappa shape index (κ1) is 16.7. The fraction of sp³-hybridized carbons (Fsp3) is 0.440. The molecule has 3 nitrogen and oxygen atoms in total. The van der Waals surface area contributed by atoms with E-state index in [4.69, 9.17) is 0 Å². The fourth-order valence-corrected chi connectivity index (χ4v) is 5.96. The summed E-state index contributed by atoms with van der Waals surface area (Å²) in [4.78, 5) is 6.46. The molecule has 1 saturated heterocycles. The van der Waals surface area contributed by atoms with E-state index in [-0.39, 0.29) is 5.41 Å². The van der Waals surface area contributed by atoms with E-state index in [2.05, 4.69) is 40.2 Å². The van der Waals surface area contributed by atoms with Gasteiger partial charge in [0.25, 0.3) is 0 Å². The number of aromatic hydroxyl groups is 1. The Morgan fingerprint density at radius 2 is 2.00 bits per heavy atom. The largest absolute Gasteiger partial charge is 0.508 e. The first-order valence-corrected chi connectivity index (χ1v) is 10.8. The highest BCUT2D eigenvalue weighted by Gasteiger charge is 2.48. The molecule has 2 fully saturated rings. The van der Waals surface area contributed by atoms with Crippen LogP contribution in [0.4, 0.5) is 0 Å². The summed E-state index contributed by atoms with van der Waals surface area (Å²) < 4.78 is 0. The molecular weight excluding hydrogens is 344 g/mol. The lowest BCUT2D eigenvalue weighted by atomic mass is 9.58. The van der Waals surface area contributed by atoms with Gasteiger partial charge in [0.1, 0.15) is 5.75 Å². The molecule has 1 saturated carbocycles. The highest BCUT2D eigenvalue weighted by molar-refractivity contribution is 5.85. The second-order valence-electron chi connectivity index (χ2n) is 9.36. The lowest BCUT2D eigenvalue weighted by Gasteiger charge is -2.51. The van der Waals surface area contributed by atoms with E-state index in [9.17, 15) is 5.11 Å². The van der Waals surface area contributed by atoms with Crippen molar-refractivity contribution in [1.29, 1.82) is 0 Å². The van der Waals surface area contributed by atoms with Gasteiger partial charge in [0.15, 0.2) is 0 Å². The third kappa shape index (κ3) is 2.60. The van der Waals surface area contributed by atoms with Crippen LogP contribution in [-0.2, 0) is 18.3 Å². The zero-order valence-electron chi connectivity index (χ0n) is 16.3. The second-order valence-corrected chi connectivity index (χ2v) is 9.36. The minimum absolute atomic E-state index is 0.132. The quantitative estimate of drug-likeness (QED) is 0.703. The number of hydrogen-bond acceptors (Lipinski definition) is 2. The number of aromatic amines is 1. The average molecular weight is 373 g/mol. The molecule has 2 atom stereocenters. The minimum atomic E-state index is 0.132. The van der Waals surface area contributed by atoms with E-state index in [1.165, 1.54) is 66.6 Å². The Balaban J connectivity index is 1.44. The van der Waals surface area contributed by atoms with Gasteiger partial charge in [-0.05, 0) is 79.8 Å². The van der Waals surface area contributed by atoms with Crippen molar-refractivity contribution in [1.82, 2.24) is 9.88 Å². The molecule has 2 unspecified atom stereocenters. The number of rotatable bonds is 3. The molecule has 2 aromatic carbocycles. The molecule has 28 heavy (non-hydrogen) atoms. The van der Waals surface area contributed by atoms with Crippen LogP contribution in [-0.4, -0.2) is 34.6 Å². The number of fused-ring (bicyclic) bond motifs is 4. The summed E-state index contributed by atoms with van der Waals surface area (Å²) in [6.45, 7) is 3.65. The predicted molar refractivity (Wildman–Crippen MR) is 113 cm³/mol. The fourth-order valence-electron chi connectivity index (χ4n) is 5.96. The van der Waals surface area contributed by atoms with Crippen molar-refractivity contribution in [3.63, 3.8) is 0 Å². The molecule has 2 heterocycles. The summed E-state index contributed by atoms with van der Waals surface area (Å²) in [5.41, 5.74) is 5.67. The summed E-state index contributed by atoms with van der Waals surface area (Å²) in [6.07, 6.45) is 6.22. The van der Waals surface area contributed by atoms with Gasteiger partial charge in [0.2, 0.25) is 0 Å². The van der Waals surface area contributed by atoms with Crippen LogP contribution in [0.15, 0.2) is 48.5 Å². The molecule has 3 aliphatic rings. The molecule has 1 aliphatic heterocycles. The van der Waals surface area contributed by atoms with Crippen molar-refractivity contribution < 1.29 is 5.11 Å². The molecule has 144 valence electrons. The van der Waals surface area contributed by atoms with Crippen molar-refractivity contribution in [3.8, 4) is 5.75 Å². The first-order valence-electron chi connectivity index (χ1n) is 10.8. The van der Waals surface area contributed by atoms with Crippen molar-refractivity contribution in [2.75, 3.05) is 19.6 Å². The third-order valence-corrected chi connectivity index (χ3v) is 7.61. The van der Waals surface area contributed by atoms with Gasteiger partial charge in [-0.1, -0.05) is 30.3 Å². The van der Waals surface area contributed by atoms with E-state index in [0.29, 0.717) is 11.7 Å². The molecule has 0 bridgehead atoms. The van der Waals surface area contributed by atoms with Gasteiger partial charge in [-0.25, -0.2) is 0 Å². The van der Waals surface area contributed by atoms with Crippen LogP contribution in [0.2, 0.25) is 0 Å². The van der Waals surface area contributed by atoms with E-state index >= 15 is 0 Å². The predicted octanol–water partition coefficient (Wildman–Crippen LogP) is 4.64. The highest BCUT2D eigenvalue weighted by Crippen LogP contribution is 2.50. The average Bonchev–Trinajstić information content (AvgIpc) is 3.45. The normalized spacial score (nSPS) is 27.5. The monoisotopic (exact) mass is 372 g/mol. The van der Waals surface area contributed by atoms with E-state index in [0.717, 1.165) is 18.8 Å². The number of phenolic OH excluding ortho intramolecular Hbond substituents is 1. The summed E-state index contributed by atoms with van der Waals surface area (Å²) in [6, 6.07) is 16.9. The second kappa shape index (κ2) is 6.12. The number of piperidine rings is 1. The van der Waals surface area contributed by atoms with Crippen molar-refractivity contribution in [2.45, 2.75) is 37.5 Å². The molecule has 0 amide bonds. The standard InChI is InChI=1S/C25H28N2O/c28-20-5-3-4-18(12-20)25-10-11-27(15-17-8-9-17)16-19(25)13-22-21-6-1-2-7-23(21)26-24(22)14-25/h1-7,12,17,19,26,28H,8-11,13-16H2. The van der Waals surface area contributed by atoms with Crippen LogP contribution in [0.5, 0.6) is 5.75 Å². The maximum absolute atomic E-state index is 10.2. The van der Waals surface area contributed by atoms with Gasteiger partial charge in [-0.3, -0.25) is 0 Å². The molecule has 1 aromatic heterocycles. The van der Waals surface area contributed by atoms with Gasteiger partial charge >= 0.3 is 0 Å². The van der Waals surface area contributed by atoms with Crippen LogP contribution >= 0.6 is 0 Å². The Labute approximate surface area is 166 Å². The number of aromatic nitrogens is 1. The lowest BCUT2D eigenvalue weighted by Crippen LogP contribution is -2.54. The van der Waals surface area contributed by atoms with Crippen LogP contribution in [0.1, 0.15) is 36.1 Å². The Morgan fingerprint density at radius 1 is 1.11 bits per heavy atom. The van der Waals surface area contributed by atoms with E-state index < -0.39 is 0 Å². The molecule has 6 rings (SSSR count). The summed E-state index contributed by atoms with van der Waals surface area (Å²) in [7, 11) is 0. The van der Waals surface area contributed by atoms with Crippen LogP contribution in [0.25, 0.3) is 10.9 Å². The molecule has 0 spiro atoms. The number of H-pyrrole nitrogens is 1. The highest BCUT2D eigenvalue weighted by atomic mass is 16.3. The number of para-hydroxylation sites is 1. The molecule has 3 aromatic rings. The smallest absolute Gasteiger partial charge is 0.115 e. The maximum Gasteiger partial charge on any atom is 0.115 e. The maximum atomic E-state index is 10.2. The van der Waals surface area contributed by atoms with Gasteiger partial charge < -0.3 is 15.0 Å². The van der Waals surface area contributed by atoms with Crippen LogP contribution < -0.4 is 0 Å². The zero-order valence-corrected chi connectivity index (χ0v) is 16.3. The Hall–Kier alpha value is -2.26. The van der Waals surface area contributed by atoms with Crippen molar-refractivity contribution >= 4 is 10.9 Å². The number of hydrogen-bond donors (Lipinski definition) is 2. The summed E-state index contributed by atoms with van der Waals surface area (Å²) in [5.74, 6) is 1.95. The van der Waals surface area contributed by atoms with Gasteiger partial charge in [0, 0.05) is 35.1 Å². The molecular formula is C25H28N2O. The Morgan fingerprint density at radius 3 is 2.86 bits per heavy atom. The molecule has 2 N–H and O–H groups in total. The van der Waals surface area contributed by atoms with E-state index in [1.54, 1.807) is 6.07 Å². The number of nitrogens with zero attached hydrogens (tertiary/aromatic N) is 1. The van der Waals surface area contributed by atoms with E-state index in [1.807, 2.05) is 12.1 Å². The molecule has 3 heteroatoms. The molecule has 2 aliphatic carbocycles. The number of benzene rings is 2. The van der Waals surface area contributed by atoms with Crippen LogP contribution in [0, 0.1) is 11.8 Å². The molecule has 0 radical (unpaired) electrons. The Kier molecular flexibility index (Phi) is 3.64. The summed E-state index contributed by atoms with van der Waals surface area (Å²) >= 11 is 0. The SMILES string of the molecule is Oc1cccc(C23CCN(CC4CC4)CC2Cc2c([nH]c4ccccc24)C3)c1.